The van der Waals surface area contributed by atoms with Crippen LogP contribution in [0.25, 0.3) is 5.69 Å². The number of carbonyl (C=O) groups excluding carboxylic acids is 2. The zero-order chi connectivity index (χ0) is 23.3. The van der Waals surface area contributed by atoms with Crippen LogP contribution in [0.5, 0.6) is 0 Å². The quantitative estimate of drug-likeness (QED) is 0.647. The van der Waals surface area contributed by atoms with Crippen molar-refractivity contribution in [1.29, 1.82) is 0 Å². The van der Waals surface area contributed by atoms with Gasteiger partial charge in [0.1, 0.15) is 5.56 Å². The van der Waals surface area contributed by atoms with Gasteiger partial charge in [0.05, 0.1) is 18.5 Å². The van der Waals surface area contributed by atoms with E-state index < -0.39 is 23.4 Å². The van der Waals surface area contributed by atoms with E-state index in [1.807, 2.05) is 0 Å². The monoisotopic (exact) mass is 453 g/mol. The van der Waals surface area contributed by atoms with Crippen LogP contribution in [0.1, 0.15) is 33.3 Å². The fourth-order valence-corrected chi connectivity index (χ4v) is 3.43. The lowest BCUT2D eigenvalue weighted by atomic mass is 10.2. The summed E-state index contributed by atoms with van der Waals surface area (Å²) in [4.78, 5) is 28.8. The van der Waals surface area contributed by atoms with Gasteiger partial charge in [0.2, 0.25) is 0 Å². The summed E-state index contributed by atoms with van der Waals surface area (Å²) in [5, 5.41) is 6.55. The number of hydrogen-bond donors (Lipinski definition) is 1. The summed E-state index contributed by atoms with van der Waals surface area (Å²) < 4.78 is 46.2. The van der Waals surface area contributed by atoms with Gasteiger partial charge >= 0.3 is 12.1 Å². The number of halogens is 3. The molecule has 1 aliphatic rings. The van der Waals surface area contributed by atoms with E-state index in [0.29, 0.717) is 16.8 Å². The second-order valence-corrected chi connectivity index (χ2v) is 7.48. The minimum Gasteiger partial charge on any atom is -0.462 e. The van der Waals surface area contributed by atoms with Gasteiger partial charge in [0.25, 0.3) is 5.91 Å². The first-order valence-electron chi connectivity index (χ1n) is 10.3. The number of ether oxygens (including phenoxy) is 1. The lowest BCUT2D eigenvalue weighted by molar-refractivity contribution is -0.143. The molecular formula is C21H26F3N5O3. The van der Waals surface area contributed by atoms with Gasteiger partial charge in [-0.1, -0.05) is 0 Å². The molecular weight excluding hydrogens is 427 g/mol. The van der Waals surface area contributed by atoms with Crippen molar-refractivity contribution in [2.75, 3.05) is 52.9 Å². The highest BCUT2D eigenvalue weighted by atomic mass is 19.4. The van der Waals surface area contributed by atoms with Crippen molar-refractivity contribution in [3.63, 3.8) is 0 Å². The number of likely N-dealkylation sites (N-methyl/N-ethyl adjacent to an activating group) is 1. The number of esters is 1. The van der Waals surface area contributed by atoms with Crippen molar-refractivity contribution < 1.29 is 27.5 Å². The van der Waals surface area contributed by atoms with Gasteiger partial charge in [0.15, 0.2) is 5.69 Å². The number of piperazine rings is 1. The van der Waals surface area contributed by atoms with Crippen molar-refractivity contribution in [2.24, 2.45) is 0 Å². The Balaban J connectivity index is 1.67. The number of nitrogens with zero attached hydrogens (tertiary/aromatic N) is 4. The molecule has 8 nitrogen and oxygen atoms in total. The van der Waals surface area contributed by atoms with Crippen LogP contribution < -0.4 is 5.32 Å². The maximum Gasteiger partial charge on any atom is 0.434 e. The van der Waals surface area contributed by atoms with Crippen LogP contribution in [-0.4, -0.2) is 84.4 Å². The highest BCUT2D eigenvalue weighted by Gasteiger charge is 2.41. The van der Waals surface area contributed by atoms with Gasteiger partial charge < -0.3 is 15.0 Å². The highest BCUT2D eigenvalue weighted by Crippen LogP contribution is 2.34. The second-order valence-electron chi connectivity index (χ2n) is 7.48. The molecule has 2 aromatic rings. The molecule has 1 saturated heterocycles. The second kappa shape index (κ2) is 10.1. The normalized spacial score (nSPS) is 15.5. The highest BCUT2D eigenvalue weighted by molar-refractivity contribution is 5.94. The third-order valence-corrected chi connectivity index (χ3v) is 5.22. The lowest BCUT2D eigenvalue weighted by Gasteiger charge is -2.32. The van der Waals surface area contributed by atoms with Crippen LogP contribution in [0, 0.1) is 0 Å². The van der Waals surface area contributed by atoms with E-state index in [9.17, 15) is 22.8 Å². The van der Waals surface area contributed by atoms with E-state index in [0.717, 1.165) is 38.9 Å². The van der Waals surface area contributed by atoms with Gasteiger partial charge in [-0.05, 0) is 38.2 Å². The molecule has 1 aromatic heterocycles. The Bertz CT molecular complexity index is 935. The van der Waals surface area contributed by atoms with Gasteiger partial charge in [-0.2, -0.15) is 18.3 Å². The Hall–Kier alpha value is -2.92. The summed E-state index contributed by atoms with van der Waals surface area (Å²) in [6.07, 6.45) is -3.99. The predicted octanol–water partition coefficient (Wildman–Crippen LogP) is 2.04. The smallest absolute Gasteiger partial charge is 0.434 e. The van der Waals surface area contributed by atoms with E-state index in [1.54, 1.807) is 0 Å². The maximum absolute atomic E-state index is 13.6. The summed E-state index contributed by atoms with van der Waals surface area (Å²) in [6.45, 7) is 6.52. The number of carbonyl (C=O) groups is 2. The average molecular weight is 453 g/mol. The molecule has 0 atom stereocenters. The molecule has 0 spiro atoms. The van der Waals surface area contributed by atoms with E-state index >= 15 is 0 Å². The standard InChI is InChI=1S/C21H26F3N5O3/c1-3-32-20(31)17-14-26-29(18(17)21(22,23)24)16-6-4-15(5-7-16)19(30)25-8-9-28-12-10-27(2)11-13-28/h4-7,14H,3,8-13H2,1-2H3,(H,25,30). The Morgan fingerprint density at radius 1 is 1.12 bits per heavy atom. The molecule has 0 radical (unpaired) electrons. The van der Waals surface area contributed by atoms with E-state index in [1.165, 1.54) is 31.2 Å². The molecule has 1 fully saturated rings. The summed E-state index contributed by atoms with van der Waals surface area (Å²) in [6, 6.07) is 5.55. The SMILES string of the molecule is CCOC(=O)c1cnn(-c2ccc(C(=O)NCCN3CCN(C)CC3)cc2)c1C(F)(F)F. The number of amides is 1. The van der Waals surface area contributed by atoms with Crippen LogP contribution in [0.4, 0.5) is 13.2 Å². The fraction of sp³-hybridized carbons (Fsp3) is 0.476. The van der Waals surface area contributed by atoms with Gasteiger partial charge in [-0.25, -0.2) is 9.48 Å². The van der Waals surface area contributed by atoms with E-state index in [4.69, 9.17) is 4.74 Å². The van der Waals surface area contributed by atoms with Gasteiger partial charge in [-0.3, -0.25) is 9.69 Å². The molecule has 0 aliphatic carbocycles. The minimum absolute atomic E-state index is 0.0556. The Morgan fingerprint density at radius 3 is 2.38 bits per heavy atom. The van der Waals surface area contributed by atoms with Crippen LogP contribution >= 0.6 is 0 Å². The molecule has 1 aliphatic heterocycles. The zero-order valence-corrected chi connectivity index (χ0v) is 18.0. The van der Waals surface area contributed by atoms with Gasteiger partial charge in [0, 0.05) is 44.8 Å². The first-order chi connectivity index (χ1) is 15.2. The summed E-state index contributed by atoms with van der Waals surface area (Å²) in [5.74, 6) is -1.41. The summed E-state index contributed by atoms with van der Waals surface area (Å²) >= 11 is 0. The first kappa shape index (κ1) is 23.7. The van der Waals surface area contributed by atoms with Crippen molar-refractivity contribution in [1.82, 2.24) is 24.9 Å². The summed E-state index contributed by atoms with van der Waals surface area (Å²) in [7, 11) is 2.07. The van der Waals surface area contributed by atoms with Crippen molar-refractivity contribution in [3.8, 4) is 5.69 Å². The molecule has 0 unspecified atom stereocenters. The zero-order valence-electron chi connectivity index (χ0n) is 18.0. The Kier molecular flexibility index (Phi) is 7.52. The Labute approximate surface area is 183 Å². The number of aromatic nitrogens is 2. The van der Waals surface area contributed by atoms with Crippen LogP contribution in [0.2, 0.25) is 0 Å². The summed E-state index contributed by atoms with van der Waals surface area (Å²) in [5.41, 5.74) is -1.49. The van der Waals surface area contributed by atoms with Crippen molar-refractivity contribution in [3.05, 3.63) is 47.3 Å². The van der Waals surface area contributed by atoms with Crippen LogP contribution in [0.3, 0.4) is 0 Å². The van der Waals surface area contributed by atoms with Crippen molar-refractivity contribution >= 4 is 11.9 Å². The molecule has 1 N–H and O–H groups in total. The molecule has 1 aromatic carbocycles. The van der Waals surface area contributed by atoms with Crippen LogP contribution in [0.15, 0.2) is 30.5 Å². The molecule has 3 rings (SSSR count). The largest absolute Gasteiger partial charge is 0.462 e. The lowest BCUT2D eigenvalue weighted by Crippen LogP contribution is -2.46. The number of alkyl halides is 3. The minimum atomic E-state index is -4.82. The molecule has 174 valence electrons. The molecule has 1 amide bonds. The number of nitrogens with one attached hydrogen (secondary N) is 1. The van der Waals surface area contributed by atoms with Crippen LogP contribution in [-0.2, 0) is 10.9 Å². The fourth-order valence-electron chi connectivity index (χ4n) is 3.43. The number of rotatable bonds is 7. The first-order valence-corrected chi connectivity index (χ1v) is 10.3. The molecule has 32 heavy (non-hydrogen) atoms. The molecule has 2 heterocycles. The molecule has 0 bridgehead atoms. The topological polar surface area (TPSA) is 79.7 Å². The third-order valence-electron chi connectivity index (χ3n) is 5.22. The Morgan fingerprint density at radius 2 is 1.78 bits per heavy atom. The predicted molar refractivity (Wildman–Crippen MR) is 111 cm³/mol. The maximum atomic E-state index is 13.6. The average Bonchev–Trinajstić information content (AvgIpc) is 3.21. The molecule has 0 saturated carbocycles. The van der Waals surface area contributed by atoms with Crippen molar-refractivity contribution in [2.45, 2.75) is 13.1 Å². The molecule has 11 heteroatoms. The van der Waals surface area contributed by atoms with E-state index in [-0.39, 0.29) is 18.2 Å². The number of hydrogen-bond acceptors (Lipinski definition) is 6. The number of benzene rings is 1. The van der Waals surface area contributed by atoms with Gasteiger partial charge in [-0.15, -0.1) is 0 Å². The van der Waals surface area contributed by atoms with E-state index in [2.05, 4.69) is 27.3 Å². The third kappa shape index (κ3) is 5.65.